The Labute approximate surface area is 170 Å². The zero-order valence-electron chi connectivity index (χ0n) is 16.6. The van der Waals surface area contributed by atoms with Gasteiger partial charge in [-0.2, -0.15) is 0 Å². The van der Waals surface area contributed by atoms with Crippen molar-refractivity contribution in [2.45, 2.75) is 33.1 Å². The lowest BCUT2D eigenvalue weighted by Crippen LogP contribution is -2.33. The number of carbonyl (C=O) groups excluding carboxylic acids is 3. The number of carbonyl (C=O) groups is 3. The van der Waals surface area contributed by atoms with E-state index in [9.17, 15) is 14.4 Å². The second-order valence-corrected chi connectivity index (χ2v) is 8.65. The van der Waals surface area contributed by atoms with Gasteiger partial charge in [0.1, 0.15) is 0 Å². The van der Waals surface area contributed by atoms with Crippen molar-refractivity contribution in [2.75, 3.05) is 10.2 Å². The van der Waals surface area contributed by atoms with Gasteiger partial charge in [0.15, 0.2) is 0 Å². The lowest BCUT2D eigenvalue weighted by atomic mass is 9.81. The molecule has 29 heavy (non-hydrogen) atoms. The molecule has 1 N–H and O–H groups in total. The fourth-order valence-corrected chi connectivity index (χ4v) is 5.53. The van der Waals surface area contributed by atoms with Gasteiger partial charge in [0, 0.05) is 11.3 Å². The highest BCUT2D eigenvalue weighted by atomic mass is 16.2. The molecule has 2 aromatic carbocycles. The SMILES string of the molecule is Cc1cccc(NC(=O)c2cccc(N3C(=O)[C@@H]4[C@H]5CC[C@@H](C5)[C@H]4C3=O)c2)c1C. The molecular weight excluding hydrogens is 364 g/mol. The summed E-state index contributed by atoms with van der Waals surface area (Å²) >= 11 is 0. The molecule has 2 saturated carbocycles. The molecule has 2 bridgehead atoms. The largest absolute Gasteiger partial charge is 0.322 e. The van der Waals surface area contributed by atoms with E-state index in [0.29, 0.717) is 23.1 Å². The minimum absolute atomic E-state index is 0.0840. The number of hydrogen-bond donors (Lipinski definition) is 1. The van der Waals surface area contributed by atoms with Crippen molar-refractivity contribution >= 4 is 29.1 Å². The topological polar surface area (TPSA) is 66.5 Å². The summed E-state index contributed by atoms with van der Waals surface area (Å²) in [5, 5.41) is 2.94. The first kappa shape index (κ1) is 18.1. The maximum Gasteiger partial charge on any atom is 0.255 e. The first-order valence-corrected chi connectivity index (χ1v) is 10.3. The van der Waals surface area contributed by atoms with Gasteiger partial charge in [-0.3, -0.25) is 19.3 Å². The Hall–Kier alpha value is -2.95. The Morgan fingerprint density at radius 2 is 1.62 bits per heavy atom. The van der Waals surface area contributed by atoms with Crippen molar-refractivity contribution in [3.05, 3.63) is 59.2 Å². The monoisotopic (exact) mass is 388 g/mol. The van der Waals surface area contributed by atoms with Gasteiger partial charge >= 0.3 is 0 Å². The van der Waals surface area contributed by atoms with E-state index >= 15 is 0 Å². The second kappa shape index (κ2) is 6.55. The van der Waals surface area contributed by atoms with Crippen LogP contribution in [0.25, 0.3) is 0 Å². The van der Waals surface area contributed by atoms with Crippen LogP contribution in [0.1, 0.15) is 40.7 Å². The molecule has 5 rings (SSSR count). The summed E-state index contributed by atoms with van der Waals surface area (Å²) < 4.78 is 0. The van der Waals surface area contributed by atoms with E-state index < -0.39 is 0 Å². The Morgan fingerprint density at radius 3 is 2.31 bits per heavy atom. The molecule has 2 aliphatic carbocycles. The summed E-state index contributed by atoms with van der Waals surface area (Å²) in [5.41, 5.74) is 3.82. The molecule has 1 aliphatic heterocycles. The maximum atomic E-state index is 13.0. The van der Waals surface area contributed by atoms with Crippen LogP contribution in [0.4, 0.5) is 11.4 Å². The van der Waals surface area contributed by atoms with Crippen LogP contribution in [-0.2, 0) is 9.59 Å². The first-order chi connectivity index (χ1) is 14.0. The molecule has 3 fully saturated rings. The van der Waals surface area contributed by atoms with Gasteiger partial charge < -0.3 is 5.32 Å². The molecule has 1 heterocycles. The number of imide groups is 1. The van der Waals surface area contributed by atoms with E-state index in [0.717, 1.165) is 36.1 Å². The molecule has 5 nitrogen and oxygen atoms in total. The summed E-state index contributed by atoms with van der Waals surface area (Å²) in [4.78, 5) is 40.2. The molecule has 148 valence electrons. The van der Waals surface area contributed by atoms with Crippen molar-refractivity contribution in [1.29, 1.82) is 0 Å². The van der Waals surface area contributed by atoms with Crippen LogP contribution in [0.5, 0.6) is 0 Å². The second-order valence-electron chi connectivity index (χ2n) is 8.65. The number of amides is 3. The van der Waals surface area contributed by atoms with Crippen LogP contribution in [0, 0.1) is 37.5 Å². The number of benzene rings is 2. The smallest absolute Gasteiger partial charge is 0.255 e. The van der Waals surface area contributed by atoms with E-state index in [1.54, 1.807) is 24.3 Å². The average molecular weight is 388 g/mol. The van der Waals surface area contributed by atoms with Crippen molar-refractivity contribution in [2.24, 2.45) is 23.7 Å². The quantitative estimate of drug-likeness (QED) is 0.806. The third kappa shape index (κ3) is 2.71. The third-order valence-electron chi connectivity index (χ3n) is 7.15. The zero-order chi connectivity index (χ0) is 20.3. The normalized spacial score (nSPS) is 27.4. The van der Waals surface area contributed by atoms with Crippen LogP contribution in [-0.4, -0.2) is 17.7 Å². The number of rotatable bonds is 3. The number of fused-ring (bicyclic) bond motifs is 5. The highest BCUT2D eigenvalue weighted by Crippen LogP contribution is 2.56. The molecule has 5 heteroatoms. The van der Waals surface area contributed by atoms with Crippen LogP contribution in [0.3, 0.4) is 0 Å². The minimum atomic E-state index is -0.250. The highest BCUT2D eigenvalue weighted by molar-refractivity contribution is 6.23. The minimum Gasteiger partial charge on any atom is -0.322 e. The van der Waals surface area contributed by atoms with Crippen LogP contribution < -0.4 is 10.2 Å². The summed E-state index contributed by atoms with van der Waals surface area (Å²) in [5.74, 6) is -0.0368. The molecule has 4 atom stereocenters. The Bertz CT molecular complexity index is 1020. The number of nitrogens with zero attached hydrogens (tertiary/aromatic N) is 1. The van der Waals surface area contributed by atoms with Crippen molar-refractivity contribution in [1.82, 2.24) is 0 Å². The predicted molar refractivity (Wildman–Crippen MR) is 111 cm³/mol. The average Bonchev–Trinajstić information content (AvgIpc) is 3.39. The standard InChI is InChI=1S/C24H24N2O3/c1-13-5-3-8-19(14(13)2)25-22(27)17-6-4-7-18(12-17)26-23(28)20-15-9-10-16(11-15)21(20)24(26)29/h3-8,12,15-16,20-21H,9-11H2,1-2H3,(H,25,27)/t15-,16-,20+,21+/m0/s1. The maximum absolute atomic E-state index is 13.0. The molecular formula is C24H24N2O3. The molecule has 3 amide bonds. The van der Waals surface area contributed by atoms with Gasteiger partial charge in [-0.1, -0.05) is 18.2 Å². The van der Waals surface area contributed by atoms with Crippen LogP contribution >= 0.6 is 0 Å². The molecule has 2 aromatic rings. The predicted octanol–water partition coefficient (Wildman–Crippen LogP) is 4.09. The van der Waals surface area contributed by atoms with E-state index in [1.807, 2.05) is 32.0 Å². The Kier molecular flexibility index (Phi) is 4.09. The molecule has 0 radical (unpaired) electrons. The van der Waals surface area contributed by atoms with Gasteiger partial charge in [-0.15, -0.1) is 0 Å². The Balaban J connectivity index is 1.42. The Morgan fingerprint density at radius 1 is 0.966 bits per heavy atom. The molecule has 0 unspecified atom stereocenters. The van der Waals surface area contributed by atoms with Gasteiger partial charge in [0.25, 0.3) is 5.91 Å². The van der Waals surface area contributed by atoms with E-state index in [1.165, 1.54) is 4.90 Å². The van der Waals surface area contributed by atoms with Crippen molar-refractivity contribution in [3.8, 4) is 0 Å². The van der Waals surface area contributed by atoms with Gasteiger partial charge in [0.2, 0.25) is 11.8 Å². The summed E-state index contributed by atoms with van der Waals surface area (Å²) in [6.07, 6.45) is 3.12. The fourth-order valence-electron chi connectivity index (χ4n) is 5.53. The third-order valence-corrected chi connectivity index (χ3v) is 7.15. The van der Waals surface area contributed by atoms with Gasteiger partial charge in [0.05, 0.1) is 17.5 Å². The summed E-state index contributed by atoms with van der Waals surface area (Å²) in [6, 6.07) is 12.6. The molecule has 3 aliphatic rings. The van der Waals surface area contributed by atoms with Crippen LogP contribution in [0.15, 0.2) is 42.5 Å². The highest BCUT2D eigenvalue weighted by Gasteiger charge is 2.61. The van der Waals surface area contributed by atoms with Crippen LogP contribution in [0.2, 0.25) is 0 Å². The lowest BCUT2D eigenvalue weighted by molar-refractivity contribution is -0.123. The number of nitrogens with one attached hydrogen (secondary N) is 1. The van der Waals surface area contributed by atoms with E-state index in [2.05, 4.69) is 5.32 Å². The van der Waals surface area contributed by atoms with Gasteiger partial charge in [-0.25, -0.2) is 0 Å². The van der Waals surface area contributed by atoms with Crippen molar-refractivity contribution in [3.63, 3.8) is 0 Å². The first-order valence-electron chi connectivity index (χ1n) is 10.3. The fraction of sp³-hybridized carbons (Fsp3) is 0.375. The summed E-state index contributed by atoms with van der Waals surface area (Å²) in [6.45, 7) is 3.97. The van der Waals surface area contributed by atoms with Gasteiger partial charge in [-0.05, 0) is 80.3 Å². The van der Waals surface area contributed by atoms with Crippen molar-refractivity contribution < 1.29 is 14.4 Å². The lowest BCUT2D eigenvalue weighted by Gasteiger charge is -2.19. The number of anilines is 2. The molecule has 1 saturated heterocycles. The number of hydrogen-bond acceptors (Lipinski definition) is 3. The van der Waals surface area contributed by atoms with E-state index in [-0.39, 0.29) is 29.6 Å². The molecule has 0 spiro atoms. The number of aryl methyl sites for hydroxylation is 1. The molecule has 0 aromatic heterocycles. The summed E-state index contributed by atoms with van der Waals surface area (Å²) in [7, 11) is 0. The zero-order valence-corrected chi connectivity index (χ0v) is 16.6. The van der Waals surface area contributed by atoms with E-state index in [4.69, 9.17) is 0 Å².